The molecule has 0 amide bonds. The van der Waals surface area contributed by atoms with E-state index in [1.807, 2.05) is 71.5 Å². The van der Waals surface area contributed by atoms with E-state index in [2.05, 4.69) is 48.4 Å². The standard InChI is InChI=1S/C19H15IN6/c20-18-12-14(6-9-21-18)7-10-23-25-16-4-2-15(3-5-16)17-13-26-11-1-8-22-19(26)24-17/h1-13,23,25H/b10-7+. The highest BCUT2D eigenvalue weighted by atomic mass is 127. The van der Waals surface area contributed by atoms with Gasteiger partial charge < -0.3 is 10.9 Å². The van der Waals surface area contributed by atoms with Gasteiger partial charge in [0, 0.05) is 36.6 Å². The summed E-state index contributed by atoms with van der Waals surface area (Å²) in [4.78, 5) is 12.9. The third-order valence-corrected chi connectivity index (χ3v) is 4.33. The summed E-state index contributed by atoms with van der Waals surface area (Å²) >= 11 is 2.20. The smallest absolute Gasteiger partial charge is 0.234 e. The van der Waals surface area contributed by atoms with Crippen molar-refractivity contribution in [1.82, 2.24) is 24.8 Å². The lowest BCUT2D eigenvalue weighted by atomic mass is 10.1. The quantitative estimate of drug-likeness (QED) is 0.271. The topological polar surface area (TPSA) is 67.1 Å². The number of benzene rings is 1. The van der Waals surface area contributed by atoms with E-state index < -0.39 is 0 Å². The second-order valence-corrected chi connectivity index (χ2v) is 6.65. The van der Waals surface area contributed by atoms with Gasteiger partial charge in [-0.05, 0) is 64.6 Å². The molecule has 4 aromatic rings. The molecule has 128 valence electrons. The molecule has 3 heterocycles. The first-order chi connectivity index (χ1) is 12.8. The number of pyridine rings is 1. The number of rotatable bonds is 5. The van der Waals surface area contributed by atoms with Crippen molar-refractivity contribution in [1.29, 1.82) is 0 Å². The van der Waals surface area contributed by atoms with E-state index in [0.29, 0.717) is 5.78 Å². The number of hydrogen-bond donors (Lipinski definition) is 2. The van der Waals surface area contributed by atoms with Gasteiger partial charge in [-0.25, -0.2) is 9.97 Å². The predicted octanol–water partition coefficient (Wildman–Crippen LogP) is 3.98. The van der Waals surface area contributed by atoms with Crippen LogP contribution in [0.25, 0.3) is 23.1 Å². The Labute approximate surface area is 164 Å². The van der Waals surface area contributed by atoms with Gasteiger partial charge in [-0.1, -0.05) is 12.1 Å². The summed E-state index contributed by atoms with van der Waals surface area (Å²) in [5.74, 6) is 0.697. The molecule has 0 spiro atoms. The number of nitrogens with zero attached hydrogens (tertiary/aromatic N) is 4. The largest absolute Gasteiger partial charge is 0.308 e. The summed E-state index contributed by atoms with van der Waals surface area (Å²) < 4.78 is 2.88. The van der Waals surface area contributed by atoms with Crippen LogP contribution in [0.4, 0.5) is 5.69 Å². The van der Waals surface area contributed by atoms with Crippen molar-refractivity contribution < 1.29 is 0 Å². The number of hydrogen-bond acceptors (Lipinski definition) is 5. The van der Waals surface area contributed by atoms with Crippen LogP contribution in [0.2, 0.25) is 0 Å². The fourth-order valence-electron chi connectivity index (χ4n) is 2.48. The lowest BCUT2D eigenvalue weighted by Crippen LogP contribution is -2.13. The van der Waals surface area contributed by atoms with E-state index in [4.69, 9.17) is 0 Å². The van der Waals surface area contributed by atoms with Crippen molar-refractivity contribution in [2.75, 3.05) is 5.43 Å². The van der Waals surface area contributed by atoms with Crippen molar-refractivity contribution in [2.45, 2.75) is 0 Å². The summed E-state index contributed by atoms with van der Waals surface area (Å²) in [7, 11) is 0. The van der Waals surface area contributed by atoms with E-state index in [1.165, 1.54) is 0 Å². The zero-order valence-electron chi connectivity index (χ0n) is 13.7. The second-order valence-electron chi connectivity index (χ2n) is 5.55. The number of halogens is 1. The summed E-state index contributed by atoms with van der Waals surface area (Å²) in [6.45, 7) is 0. The lowest BCUT2D eigenvalue weighted by molar-refractivity contribution is 1.06. The number of imidazole rings is 1. The van der Waals surface area contributed by atoms with Crippen LogP contribution in [-0.4, -0.2) is 19.4 Å². The van der Waals surface area contributed by atoms with Crippen molar-refractivity contribution in [3.63, 3.8) is 0 Å². The fourth-order valence-corrected chi connectivity index (χ4v) is 3.00. The molecule has 0 atom stereocenters. The van der Waals surface area contributed by atoms with Gasteiger partial charge in [0.1, 0.15) is 3.70 Å². The molecule has 1 aromatic carbocycles. The number of hydrazine groups is 1. The first-order valence-electron chi connectivity index (χ1n) is 7.98. The molecule has 6 nitrogen and oxygen atoms in total. The van der Waals surface area contributed by atoms with Gasteiger partial charge in [0.15, 0.2) is 0 Å². The third kappa shape index (κ3) is 3.83. The molecule has 0 saturated heterocycles. The minimum absolute atomic E-state index is 0.697. The minimum atomic E-state index is 0.697. The Balaban J connectivity index is 1.40. The fraction of sp³-hybridized carbons (Fsp3) is 0. The van der Waals surface area contributed by atoms with Crippen molar-refractivity contribution in [2.24, 2.45) is 0 Å². The van der Waals surface area contributed by atoms with Gasteiger partial charge in [0.25, 0.3) is 0 Å². The van der Waals surface area contributed by atoms with Crippen LogP contribution in [0, 0.1) is 3.70 Å². The lowest BCUT2D eigenvalue weighted by Gasteiger charge is -2.06. The number of anilines is 1. The first-order valence-corrected chi connectivity index (χ1v) is 9.06. The van der Waals surface area contributed by atoms with Gasteiger partial charge >= 0.3 is 0 Å². The summed E-state index contributed by atoms with van der Waals surface area (Å²) in [6.07, 6.45) is 11.3. The molecule has 0 radical (unpaired) electrons. The normalized spacial score (nSPS) is 11.1. The maximum Gasteiger partial charge on any atom is 0.234 e. The van der Waals surface area contributed by atoms with E-state index >= 15 is 0 Å². The van der Waals surface area contributed by atoms with E-state index in [9.17, 15) is 0 Å². The number of fused-ring (bicyclic) bond motifs is 1. The van der Waals surface area contributed by atoms with Gasteiger partial charge in [-0.2, -0.15) is 0 Å². The molecular formula is C19H15IN6. The number of aromatic nitrogens is 4. The molecule has 2 N–H and O–H groups in total. The first kappa shape index (κ1) is 16.5. The van der Waals surface area contributed by atoms with Gasteiger partial charge in [0.05, 0.1) is 11.4 Å². The molecule has 0 aliphatic heterocycles. The molecule has 4 rings (SSSR count). The van der Waals surface area contributed by atoms with Gasteiger partial charge in [-0.15, -0.1) is 0 Å². The Morgan fingerprint density at radius 1 is 1.04 bits per heavy atom. The van der Waals surface area contributed by atoms with Crippen LogP contribution >= 0.6 is 22.6 Å². The highest BCUT2D eigenvalue weighted by molar-refractivity contribution is 14.1. The summed E-state index contributed by atoms with van der Waals surface area (Å²) in [5, 5.41) is 0. The Morgan fingerprint density at radius 3 is 2.73 bits per heavy atom. The van der Waals surface area contributed by atoms with Crippen LogP contribution in [0.15, 0.2) is 73.5 Å². The van der Waals surface area contributed by atoms with E-state index in [-0.39, 0.29) is 0 Å². The summed E-state index contributed by atoms with van der Waals surface area (Å²) in [5.41, 5.74) is 10.2. The van der Waals surface area contributed by atoms with Crippen LogP contribution in [-0.2, 0) is 0 Å². The molecule has 3 aromatic heterocycles. The van der Waals surface area contributed by atoms with Crippen LogP contribution in [0.3, 0.4) is 0 Å². The molecule has 0 fully saturated rings. The van der Waals surface area contributed by atoms with Gasteiger partial charge in [0.2, 0.25) is 5.78 Å². The zero-order valence-corrected chi connectivity index (χ0v) is 15.8. The number of nitrogens with one attached hydrogen (secondary N) is 2. The Morgan fingerprint density at radius 2 is 1.92 bits per heavy atom. The average molecular weight is 454 g/mol. The second kappa shape index (κ2) is 7.52. The van der Waals surface area contributed by atoms with Crippen molar-refractivity contribution in [3.05, 3.63) is 82.7 Å². The molecule has 0 unspecified atom stereocenters. The highest BCUT2D eigenvalue weighted by Gasteiger charge is 2.04. The molecule has 0 aliphatic carbocycles. The monoisotopic (exact) mass is 454 g/mol. The van der Waals surface area contributed by atoms with Crippen LogP contribution in [0.1, 0.15) is 5.56 Å². The highest BCUT2D eigenvalue weighted by Crippen LogP contribution is 2.20. The van der Waals surface area contributed by atoms with E-state index in [0.717, 1.165) is 26.2 Å². The zero-order chi connectivity index (χ0) is 17.8. The van der Waals surface area contributed by atoms with Crippen molar-refractivity contribution in [3.8, 4) is 11.3 Å². The maximum absolute atomic E-state index is 4.53. The SMILES string of the molecule is Ic1cc(/C=C/NNc2ccc(-c3cn4cccnc4n3)cc2)ccn1. The predicted molar refractivity (Wildman–Crippen MR) is 111 cm³/mol. The van der Waals surface area contributed by atoms with Crippen LogP contribution in [0.5, 0.6) is 0 Å². The maximum atomic E-state index is 4.53. The third-order valence-electron chi connectivity index (χ3n) is 3.74. The molecule has 7 heteroatoms. The van der Waals surface area contributed by atoms with Crippen molar-refractivity contribution >= 4 is 40.1 Å². The minimum Gasteiger partial charge on any atom is -0.308 e. The van der Waals surface area contributed by atoms with E-state index in [1.54, 1.807) is 12.4 Å². The molecule has 0 saturated carbocycles. The Bertz CT molecular complexity index is 1020. The Hall–Kier alpha value is -2.94. The Kier molecular flexibility index (Phi) is 4.78. The van der Waals surface area contributed by atoms with Gasteiger partial charge in [-0.3, -0.25) is 9.38 Å². The molecule has 26 heavy (non-hydrogen) atoms. The molecule has 0 bridgehead atoms. The molecular weight excluding hydrogens is 439 g/mol. The average Bonchev–Trinajstić information content (AvgIpc) is 3.10. The molecule has 0 aliphatic rings. The van der Waals surface area contributed by atoms with Crippen LogP contribution < -0.4 is 10.9 Å². The summed E-state index contributed by atoms with van der Waals surface area (Å²) in [6, 6.07) is 13.9.